The highest BCUT2D eigenvalue weighted by Crippen LogP contribution is 2.32. The number of benzene rings is 1. The summed E-state index contributed by atoms with van der Waals surface area (Å²) in [4.78, 5) is 14.6. The monoisotopic (exact) mass is 475 g/mol. The van der Waals surface area contributed by atoms with Crippen molar-refractivity contribution in [1.82, 2.24) is 25.0 Å². The molecule has 2 aromatic rings. The van der Waals surface area contributed by atoms with Crippen molar-refractivity contribution >= 4 is 49.2 Å². The minimum absolute atomic E-state index is 0.111. The summed E-state index contributed by atoms with van der Waals surface area (Å²) < 4.78 is 29.0. The van der Waals surface area contributed by atoms with E-state index in [4.69, 9.17) is 6.42 Å². The van der Waals surface area contributed by atoms with Crippen LogP contribution in [0.1, 0.15) is 12.0 Å². The molecule has 31 heavy (non-hydrogen) atoms. The fraction of sp³-hybridized carbons (Fsp3) is 0.350. The number of hydrogen-bond acceptors (Lipinski definition) is 7. The molecule has 0 radical (unpaired) electrons. The van der Waals surface area contributed by atoms with Gasteiger partial charge in [0.2, 0.25) is 0 Å². The lowest BCUT2D eigenvalue weighted by atomic mass is 10.2. The van der Waals surface area contributed by atoms with Crippen LogP contribution in [0, 0.1) is 12.3 Å². The van der Waals surface area contributed by atoms with Crippen LogP contribution in [-0.4, -0.2) is 67.3 Å². The topological polar surface area (TPSA) is 85.0 Å². The van der Waals surface area contributed by atoms with Gasteiger partial charge in [-0.25, -0.2) is 18.2 Å². The number of carbonyl (C=O) groups excluding carboxylic acids is 1. The Morgan fingerprint density at radius 2 is 1.94 bits per heavy atom. The maximum absolute atomic E-state index is 13.2. The van der Waals surface area contributed by atoms with Crippen LogP contribution in [0.25, 0.3) is 10.1 Å². The van der Waals surface area contributed by atoms with Gasteiger partial charge in [-0.2, -0.15) is 4.31 Å². The Morgan fingerprint density at radius 1 is 1.13 bits per heavy atom. The summed E-state index contributed by atoms with van der Waals surface area (Å²) in [5.41, 5.74) is 5.07. The highest BCUT2D eigenvalue weighted by Gasteiger charge is 2.34. The van der Waals surface area contributed by atoms with Crippen LogP contribution in [0.15, 0.2) is 39.2 Å². The van der Waals surface area contributed by atoms with E-state index >= 15 is 0 Å². The van der Waals surface area contributed by atoms with Crippen molar-refractivity contribution in [2.45, 2.75) is 10.6 Å². The summed E-state index contributed by atoms with van der Waals surface area (Å²) in [5.74, 6) is 3.40. The SMILES string of the molecule is C#Cc1ccc2cc(S(=O)(=O)N3CCN(C(=O)N4CCC5=C(N4)SCN5)CC3)sc2c1. The Hall–Kier alpha value is -2.39. The first-order valence-corrected chi connectivity index (χ1v) is 13.1. The predicted molar refractivity (Wildman–Crippen MR) is 123 cm³/mol. The van der Waals surface area contributed by atoms with E-state index in [0.717, 1.165) is 38.7 Å². The number of amides is 2. The van der Waals surface area contributed by atoms with Gasteiger partial charge in [-0.3, -0.25) is 5.43 Å². The van der Waals surface area contributed by atoms with Crippen molar-refractivity contribution in [3.05, 3.63) is 40.6 Å². The minimum Gasteiger partial charge on any atom is -0.377 e. The van der Waals surface area contributed by atoms with Gasteiger partial charge in [-0.05, 0) is 23.6 Å². The van der Waals surface area contributed by atoms with Crippen LogP contribution < -0.4 is 10.7 Å². The number of hydrogen-bond donors (Lipinski definition) is 2. The average molecular weight is 476 g/mol. The number of sulfonamides is 1. The molecule has 0 bridgehead atoms. The number of thioether (sulfide) groups is 1. The molecule has 1 aromatic heterocycles. The molecule has 1 fully saturated rings. The number of nitrogens with zero attached hydrogens (tertiary/aromatic N) is 3. The number of fused-ring (bicyclic) bond motifs is 1. The van der Waals surface area contributed by atoms with Gasteiger partial charge in [0, 0.05) is 55.1 Å². The number of rotatable bonds is 2. The third kappa shape index (κ3) is 3.74. The van der Waals surface area contributed by atoms with E-state index in [1.54, 1.807) is 27.7 Å². The first-order chi connectivity index (χ1) is 15.0. The van der Waals surface area contributed by atoms with E-state index in [9.17, 15) is 13.2 Å². The van der Waals surface area contributed by atoms with Gasteiger partial charge in [-0.1, -0.05) is 23.7 Å². The van der Waals surface area contributed by atoms with E-state index in [2.05, 4.69) is 16.7 Å². The van der Waals surface area contributed by atoms with Gasteiger partial charge in [-0.15, -0.1) is 17.8 Å². The molecular weight excluding hydrogens is 454 g/mol. The highest BCUT2D eigenvalue weighted by molar-refractivity contribution is 8.03. The molecule has 0 atom stereocenters. The maximum atomic E-state index is 13.2. The quantitative estimate of drug-likeness (QED) is 0.647. The molecule has 3 aliphatic rings. The van der Waals surface area contributed by atoms with Crippen LogP contribution in [0.2, 0.25) is 0 Å². The van der Waals surface area contributed by atoms with Crippen LogP contribution in [-0.2, 0) is 10.0 Å². The predicted octanol–water partition coefficient (Wildman–Crippen LogP) is 1.98. The number of urea groups is 1. The maximum Gasteiger partial charge on any atom is 0.338 e. The van der Waals surface area contributed by atoms with Gasteiger partial charge in [0.05, 0.1) is 5.88 Å². The largest absolute Gasteiger partial charge is 0.377 e. The second-order valence-electron chi connectivity index (χ2n) is 7.42. The number of piperazine rings is 1. The van der Waals surface area contributed by atoms with Gasteiger partial charge in [0.1, 0.15) is 9.24 Å². The molecule has 162 valence electrons. The second-order valence-corrected chi connectivity index (χ2v) is 11.7. The molecule has 0 spiro atoms. The smallest absolute Gasteiger partial charge is 0.338 e. The zero-order valence-electron chi connectivity index (χ0n) is 16.6. The second kappa shape index (κ2) is 7.94. The normalized spacial score (nSPS) is 19.7. The molecule has 1 aromatic carbocycles. The van der Waals surface area contributed by atoms with Crippen molar-refractivity contribution < 1.29 is 13.2 Å². The summed E-state index contributed by atoms with van der Waals surface area (Å²) in [7, 11) is -3.62. The molecule has 2 amide bonds. The highest BCUT2D eigenvalue weighted by atomic mass is 32.2. The summed E-state index contributed by atoms with van der Waals surface area (Å²) in [6.07, 6.45) is 6.24. The first-order valence-electron chi connectivity index (χ1n) is 9.89. The molecule has 11 heteroatoms. The summed E-state index contributed by atoms with van der Waals surface area (Å²) in [6, 6.07) is 7.08. The fourth-order valence-electron chi connectivity index (χ4n) is 3.85. The lowest BCUT2D eigenvalue weighted by molar-refractivity contribution is 0.119. The number of thiophene rings is 1. The molecule has 0 unspecified atom stereocenters. The summed E-state index contributed by atoms with van der Waals surface area (Å²) in [6.45, 7) is 1.86. The molecule has 0 aliphatic carbocycles. The minimum atomic E-state index is -3.62. The molecule has 2 N–H and O–H groups in total. The van der Waals surface area contributed by atoms with Crippen LogP contribution >= 0.6 is 23.1 Å². The lowest BCUT2D eigenvalue weighted by Gasteiger charge is -2.38. The summed E-state index contributed by atoms with van der Waals surface area (Å²) in [5, 5.41) is 6.78. The first kappa shape index (κ1) is 20.5. The molecule has 0 saturated carbocycles. The summed E-state index contributed by atoms with van der Waals surface area (Å²) >= 11 is 2.88. The third-order valence-electron chi connectivity index (χ3n) is 5.60. The van der Waals surface area contributed by atoms with Gasteiger partial charge < -0.3 is 10.2 Å². The molecule has 3 aliphatic heterocycles. The molecule has 1 saturated heterocycles. The van der Waals surface area contributed by atoms with Gasteiger partial charge in [0.25, 0.3) is 10.0 Å². The Balaban J connectivity index is 1.25. The van der Waals surface area contributed by atoms with E-state index in [0.29, 0.717) is 23.8 Å². The molecule has 4 heterocycles. The Labute approximate surface area is 189 Å². The molecule has 5 rings (SSSR count). The lowest BCUT2D eigenvalue weighted by Crippen LogP contribution is -2.57. The molecular formula is C20H21N5O3S3. The van der Waals surface area contributed by atoms with E-state index in [1.165, 1.54) is 15.6 Å². The molecule has 8 nitrogen and oxygen atoms in total. The Kier molecular flexibility index (Phi) is 5.26. The van der Waals surface area contributed by atoms with Crippen molar-refractivity contribution in [1.29, 1.82) is 0 Å². The van der Waals surface area contributed by atoms with Gasteiger partial charge >= 0.3 is 6.03 Å². The fourth-order valence-corrected chi connectivity index (χ4v) is 7.78. The zero-order valence-corrected chi connectivity index (χ0v) is 19.1. The van der Waals surface area contributed by atoms with E-state index in [1.807, 2.05) is 18.2 Å². The van der Waals surface area contributed by atoms with Crippen molar-refractivity contribution in [3.63, 3.8) is 0 Å². The Bertz CT molecular complexity index is 1220. The van der Waals surface area contributed by atoms with Crippen LogP contribution in [0.4, 0.5) is 4.79 Å². The van der Waals surface area contributed by atoms with E-state index < -0.39 is 10.0 Å². The van der Waals surface area contributed by atoms with Crippen molar-refractivity contribution in [2.75, 3.05) is 38.6 Å². The van der Waals surface area contributed by atoms with Crippen molar-refractivity contribution in [2.24, 2.45) is 0 Å². The van der Waals surface area contributed by atoms with Crippen LogP contribution in [0.5, 0.6) is 0 Å². The average Bonchev–Trinajstić information content (AvgIpc) is 3.44. The standard InChI is InChI=1S/C20H21N5O3S3/c1-2-14-3-4-15-12-18(30-17(15)11-14)31(27,28)24-9-7-23(8-10-24)20(26)25-6-5-16-19(22-25)29-13-21-16/h1,3-4,11-12,21-22H,5-10,13H2. The zero-order chi connectivity index (χ0) is 21.6. The van der Waals surface area contributed by atoms with Crippen molar-refractivity contribution in [3.8, 4) is 12.3 Å². The van der Waals surface area contributed by atoms with Crippen LogP contribution in [0.3, 0.4) is 0 Å². The Morgan fingerprint density at radius 3 is 2.71 bits per heavy atom. The third-order valence-corrected chi connectivity index (χ3v) is 9.96. The number of nitrogens with one attached hydrogen (secondary N) is 2. The number of carbonyl (C=O) groups is 1. The number of terminal acetylenes is 1. The van der Waals surface area contributed by atoms with E-state index in [-0.39, 0.29) is 19.1 Å². The number of hydrazine groups is 1. The van der Waals surface area contributed by atoms with Gasteiger partial charge in [0.15, 0.2) is 0 Å².